The number of hydrogen-bond acceptors (Lipinski definition) is 2. The maximum atomic E-state index is 13.8. The number of hydrogen-bond donors (Lipinski definition) is 2. The number of carbonyl (C=O) groups is 1. The van der Waals surface area contributed by atoms with Gasteiger partial charge in [0.25, 0.3) is 0 Å². The summed E-state index contributed by atoms with van der Waals surface area (Å²) in [7, 11) is 0. The van der Waals surface area contributed by atoms with Crippen molar-refractivity contribution in [2.75, 3.05) is 0 Å². The molecule has 1 aromatic rings. The van der Waals surface area contributed by atoms with Crippen LogP contribution in [0.4, 0.5) is 4.39 Å². The standard InChI is InChI=1S/C17H25FN2O/c1-12(13-6-4-2-3-5-7-13)20-11-15-10-14(17(19)21)8-9-16(15)18/h8-10,12-13,20H,2-7,11H2,1H3,(H2,19,21)/t12-/m1/s1. The molecule has 1 saturated carbocycles. The topological polar surface area (TPSA) is 55.1 Å². The van der Waals surface area contributed by atoms with Crippen molar-refractivity contribution in [3.05, 3.63) is 35.1 Å². The van der Waals surface area contributed by atoms with E-state index in [-0.39, 0.29) is 5.82 Å². The lowest BCUT2D eigenvalue weighted by Crippen LogP contribution is -2.33. The van der Waals surface area contributed by atoms with Crippen molar-refractivity contribution in [2.45, 2.75) is 58.0 Å². The van der Waals surface area contributed by atoms with Crippen LogP contribution >= 0.6 is 0 Å². The predicted molar refractivity (Wildman–Crippen MR) is 82.4 cm³/mol. The van der Waals surface area contributed by atoms with Crippen molar-refractivity contribution < 1.29 is 9.18 Å². The highest BCUT2D eigenvalue weighted by atomic mass is 19.1. The van der Waals surface area contributed by atoms with Gasteiger partial charge in [-0.05, 0) is 43.9 Å². The van der Waals surface area contributed by atoms with Crippen molar-refractivity contribution in [1.82, 2.24) is 5.32 Å². The second-order valence-electron chi connectivity index (χ2n) is 6.09. The maximum absolute atomic E-state index is 13.8. The van der Waals surface area contributed by atoms with E-state index in [0.29, 0.717) is 29.6 Å². The predicted octanol–water partition coefficient (Wildman–Crippen LogP) is 3.37. The number of primary amides is 1. The molecule has 2 rings (SSSR count). The molecule has 0 saturated heterocycles. The molecule has 0 aromatic heterocycles. The summed E-state index contributed by atoms with van der Waals surface area (Å²) in [5.74, 6) is -0.150. The van der Waals surface area contributed by atoms with Crippen molar-refractivity contribution >= 4 is 5.91 Å². The number of carbonyl (C=O) groups excluding carboxylic acids is 1. The summed E-state index contributed by atoms with van der Waals surface area (Å²) < 4.78 is 13.8. The van der Waals surface area contributed by atoms with E-state index in [0.717, 1.165) is 0 Å². The zero-order chi connectivity index (χ0) is 15.2. The van der Waals surface area contributed by atoms with E-state index in [1.54, 1.807) is 6.07 Å². The Morgan fingerprint density at radius 1 is 1.33 bits per heavy atom. The van der Waals surface area contributed by atoms with Gasteiger partial charge < -0.3 is 11.1 Å². The van der Waals surface area contributed by atoms with Crippen LogP contribution < -0.4 is 11.1 Å². The fourth-order valence-electron chi connectivity index (χ4n) is 3.11. The summed E-state index contributed by atoms with van der Waals surface area (Å²) in [5.41, 5.74) is 6.10. The number of halogens is 1. The highest BCUT2D eigenvalue weighted by Gasteiger charge is 2.19. The lowest BCUT2D eigenvalue weighted by molar-refractivity contribution is 0.1000. The van der Waals surface area contributed by atoms with Crippen LogP contribution in [-0.2, 0) is 6.54 Å². The third-order valence-electron chi connectivity index (χ3n) is 4.55. The van der Waals surface area contributed by atoms with Gasteiger partial charge in [0.1, 0.15) is 5.82 Å². The van der Waals surface area contributed by atoms with Gasteiger partial charge in [0.15, 0.2) is 0 Å². The maximum Gasteiger partial charge on any atom is 0.248 e. The molecule has 1 aliphatic rings. The Morgan fingerprint density at radius 3 is 2.62 bits per heavy atom. The number of benzene rings is 1. The molecule has 1 aromatic carbocycles. The van der Waals surface area contributed by atoms with E-state index in [1.165, 1.54) is 50.7 Å². The summed E-state index contributed by atoms with van der Waals surface area (Å²) in [6.07, 6.45) is 7.75. The number of amides is 1. The molecule has 21 heavy (non-hydrogen) atoms. The van der Waals surface area contributed by atoms with Crippen molar-refractivity contribution in [3.63, 3.8) is 0 Å². The normalized spacial score (nSPS) is 18.2. The third kappa shape index (κ3) is 4.53. The van der Waals surface area contributed by atoms with Crippen LogP contribution in [-0.4, -0.2) is 11.9 Å². The van der Waals surface area contributed by atoms with Gasteiger partial charge in [0.05, 0.1) is 0 Å². The van der Waals surface area contributed by atoms with Gasteiger partial charge in [-0.2, -0.15) is 0 Å². The Labute approximate surface area is 126 Å². The van der Waals surface area contributed by atoms with E-state index >= 15 is 0 Å². The smallest absolute Gasteiger partial charge is 0.248 e. The molecule has 0 unspecified atom stereocenters. The fraction of sp³-hybridized carbons (Fsp3) is 0.588. The molecule has 3 N–H and O–H groups in total. The van der Waals surface area contributed by atoms with Gasteiger partial charge in [0.2, 0.25) is 5.91 Å². The Kier molecular flexibility index (Phi) is 5.74. The van der Waals surface area contributed by atoms with E-state index in [9.17, 15) is 9.18 Å². The molecule has 0 aliphatic heterocycles. The minimum Gasteiger partial charge on any atom is -0.366 e. The molecular formula is C17H25FN2O. The molecule has 0 spiro atoms. The number of nitrogens with one attached hydrogen (secondary N) is 1. The van der Waals surface area contributed by atoms with Gasteiger partial charge >= 0.3 is 0 Å². The van der Waals surface area contributed by atoms with E-state index in [2.05, 4.69) is 12.2 Å². The summed E-state index contributed by atoms with van der Waals surface area (Å²) in [5, 5.41) is 3.41. The second kappa shape index (κ2) is 7.55. The molecule has 0 radical (unpaired) electrons. The molecule has 116 valence electrons. The summed E-state index contributed by atoms with van der Waals surface area (Å²) >= 11 is 0. The van der Waals surface area contributed by atoms with Gasteiger partial charge in [-0.15, -0.1) is 0 Å². The van der Waals surface area contributed by atoms with Crippen LogP contribution in [0.3, 0.4) is 0 Å². The van der Waals surface area contributed by atoms with E-state index < -0.39 is 5.91 Å². The molecule has 1 aliphatic carbocycles. The second-order valence-corrected chi connectivity index (χ2v) is 6.09. The minimum atomic E-state index is -0.520. The SMILES string of the molecule is C[C@@H](NCc1cc(C(N)=O)ccc1F)C1CCCCCC1. The molecule has 3 nitrogen and oxygen atoms in total. The third-order valence-corrected chi connectivity index (χ3v) is 4.55. The van der Waals surface area contributed by atoms with Crippen molar-refractivity contribution in [2.24, 2.45) is 11.7 Å². The quantitative estimate of drug-likeness (QED) is 0.817. The van der Waals surface area contributed by atoms with Gasteiger partial charge in [-0.25, -0.2) is 4.39 Å². The van der Waals surface area contributed by atoms with Gasteiger partial charge in [0, 0.05) is 23.7 Å². The first kappa shape index (κ1) is 16.0. The number of rotatable bonds is 5. The van der Waals surface area contributed by atoms with Gasteiger partial charge in [-0.3, -0.25) is 4.79 Å². The molecule has 1 atom stereocenters. The number of nitrogens with two attached hydrogens (primary N) is 1. The monoisotopic (exact) mass is 292 g/mol. The van der Waals surface area contributed by atoms with E-state index in [4.69, 9.17) is 5.73 Å². The molecule has 0 heterocycles. The van der Waals surface area contributed by atoms with Gasteiger partial charge in [-0.1, -0.05) is 25.7 Å². The fourth-order valence-corrected chi connectivity index (χ4v) is 3.11. The first-order valence-electron chi connectivity index (χ1n) is 7.89. The Hall–Kier alpha value is -1.42. The first-order valence-corrected chi connectivity index (χ1v) is 7.89. The van der Waals surface area contributed by atoms with Crippen molar-refractivity contribution in [3.8, 4) is 0 Å². The zero-order valence-corrected chi connectivity index (χ0v) is 12.7. The average molecular weight is 292 g/mol. The summed E-state index contributed by atoms with van der Waals surface area (Å²) in [6, 6.07) is 4.65. The van der Waals surface area contributed by atoms with Crippen LogP contribution in [0.15, 0.2) is 18.2 Å². The van der Waals surface area contributed by atoms with Crippen LogP contribution in [0.5, 0.6) is 0 Å². The Bertz CT molecular complexity index is 482. The van der Waals surface area contributed by atoms with E-state index in [1.807, 2.05) is 0 Å². The molecule has 1 fully saturated rings. The molecular weight excluding hydrogens is 267 g/mol. The highest BCUT2D eigenvalue weighted by Crippen LogP contribution is 2.25. The van der Waals surface area contributed by atoms with Crippen LogP contribution in [0, 0.1) is 11.7 Å². The summed E-state index contributed by atoms with van der Waals surface area (Å²) in [6.45, 7) is 2.61. The largest absolute Gasteiger partial charge is 0.366 e. The molecule has 1 amide bonds. The zero-order valence-electron chi connectivity index (χ0n) is 12.7. The van der Waals surface area contributed by atoms with Crippen molar-refractivity contribution in [1.29, 1.82) is 0 Å². The average Bonchev–Trinajstić information content (AvgIpc) is 2.75. The molecule has 0 bridgehead atoms. The highest BCUT2D eigenvalue weighted by molar-refractivity contribution is 5.92. The Morgan fingerprint density at radius 2 is 2.00 bits per heavy atom. The lowest BCUT2D eigenvalue weighted by atomic mass is 9.93. The van der Waals surface area contributed by atoms with Crippen LogP contribution in [0.1, 0.15) is 61.4 Å². The minimum absolute atomic E-state index is 0.291. The summed E-state index contributed by atoms with van der Waals surface area (Å²) in [4.78, 5) is 11.2. The lowest BCUT2D eigenvalue weighted by Gasteiger charge is -2.24. The first-order chi connectivity index (χ1) is 10.1. The van der Waals surface area contributed by atoms with Crippen LogP contribution in [0.25, 0.3) is 0 Å². The Balaban J connectivity index is 1.95. The molecule has 4 heteroatoms. The van der Waals surface area contributed by atoms with Crippen LogP contribution in [0.2, 0.25) is 0 Å².